The molecule has 2 fully saturated rings. The standard InChI is InChI=1S/C17H24N6O4/c1-22-8-10(19-9-22)7-12(21-16(26)11-4-5-14(24)20-11)17(27)23-6-2-3-13(23)15(18)25/h8-9,11-13H,2-7H2,1H3,(H2,18,25)(H,20,24)(H,21,26)/t11-,12-,13-/m0/s1. The first-order valence-corrected chi connectivity index (χ1v) is 9.01. The first-order chi connectivity index (χ1) is 12.8. The number of nitrogens with zero attached hydrogens (tertiary/aromatic N) is 3. The number of nitrogens with two attached hydrogens (primary N) is 1. The third-order valence-corrected chi connectivity index (χ3v) is 4.96. The van der Waals surface area contributed by atoms with Crippen molar-refractivity contribution < 1.29 is 19.2 Å². The predicted molar refractivity (Wildman–Crippen MR) is 93.9 cm³/mol. The zero-order chi connectivity index (χ0) is 19.6. The molecule has 27 heavy (non-hydrogen) atoms. The van der Waals surface area contributed by atoms with E-state index in [1.54, 1.807) is 17.1 Å². The van der Waals surface area contributed by atoms with Crippen LogP contribution in [0.15, 0.2) is 12.5 Å². The fourth-order valence-electron chi connectivity index (χ4n) is 3.59. The van der Waals surface area contributed by atoms with Gasteiger partial charge in [-0.3, -0.25) is 19.2 Å². The molecule has 0 unspecified atom stereocenters. The van der Waals surface area contributed by atoms with Crippen molar-refractivity contribution in [2.75, 3.05) is 6.54 Å². The van der Waals surface area contributed by atoms with Crippen molar-refractivity contribution in [2.24, 2.45) is 12.8 Å². The fourth-order valence-corrected chi connectivity index (χ4v) is 3.59. The van der Waals surface area contributed by atoms with Crippen molar-refractivity contribution in [1.29, 1.82) is 0 Å². The van der Waals surface area contributed by atoms with Gasteiger partial charge in [0.15, 0.2) is 0 Å². The molecule has 3 rings (SSSR count). The van der Waals surface area contributed by atoms with E-state index in [9.17, 15) is 19.2 Å². The van der Waals surface area contributed by atoms with Crippen molar-refractivity contribution in [3.63, 3.8) is 0 Å². The van der Waals surface area contributed by atoms with Crippen molar-refractivity contribution in [1.82, 2.24) is 25.1 Å². The number of rotatable bonds is 6. The number of aryl methyl sites for hydroxylation is 1. The van der Waals surface area contributed by atoms with E-state index in [2.05, 4.69) is 15.6 Å². The first kappa shape index (κ1) is 18.9. The smallest absolute Gasteiger partial charge is 0.246 e. The lowest BCUT2D eigenvalue weighted by atomic mass is 10.1. The number of hydrogen-bond acceptors (Lipinski definition) is 5. The first-order valence-electron chi connectivity index (χ1n) is 9.01. The van der Waals surface area contributed by atoms with Gasteiger partial charge in [0.1, 0.15) is 18.1 Å². The van der Waals surface area contributed by atoms with Crippen molar-refractivity contribution in [3.05, 3.63) is 18.2 Å². The number of amides is 4. The maximum absolute atomic E-state index is 13.1. The molecule has 2 saturated heterocycles. The summed E-state index contributed by atoms with van der Waals surface area (Å²) in [6.45, 7) is 0.418. The van der Waals surface area contributed by atoms with E-state index in [0.717, 1.165) is 0 Å². The van der Waals surface area contributed by atoms with Gasteiger partial charge >= 0.3 is 0 Å². The Morgan fingerprint density at radius 3 is 2.78 bits per heavy atom. The lowest BCUT2D eigenvalue weighted by Crippen LogP contribution is -2.56. The van der Waals surface area contributed by atoms with E-state index >= 15 is 0 Å². The number of likely N-dealkylation sites (tertiary alicyclic amines) is 1. The van der Waals surface area contributed by atoms with Gasteiger partial charge in [0.25, 0.3) is 0 Å². The molecule has 4 N–H and O–H groups in total. The molecule has 4 amide bonds. The largest absolute Gasteiger partial charge is 0.368 e. The molecule has 10 nitrogen and oxygen atoms in total. The van der Waals surface area contributed by atoms with Crippen LogP contribution in [-0.4, -0.2) is 62.7 Å². The van der Waals surface area contributed by atoms with E-state index in [0.29, 0.717) is 31.5 Å². The van der Waals surface area contributed by atoms with Gasteiger partial charge < -0.3 is 25.8 Å². The molecule has 1 aromatic heterocycles. The molecular formula is C17H24N6O4. The lowest BCUT2D eigenvalue weighted by Gasteiger charge is -2.28. The minimum atomic E-state index is -0.884. The number of aromatic nitrogens is 2. The van der Waals surface area contributed by atoms with Gasteiger partial charge in [-0.25, -0.2) is 4.98 Å². The third kappa shape index (κ3) is 4.26. The van der Waals surface area contributed by atoms with E-state index in [1.807, 2.05) is 7.05 Å². The van der Waals surface area contributed by atoms with Crippen LogP contribution >= 0.6 is 0 Å². The van der Waals surface area contributed by atoms with Gasteiger partial charge in [-0.15, -0.1) is 0 Å². The number of nitrogens with one attached hydrogen (secondary N) is 2. The monoisotopic (exact) mass is 376 g/mol. The molecule has 146 valence electrons. The Kier molecular flexibility index (Phi) is 5.43. The van der Waals surface area contributed by atoms with Crippen LogP contribution in [0, 0.1) is 0 Å². The van der Waals surface area contributed by atoms with Crippen molar-refractivity contribution in [3.8, 4) is 0 Å². The molecule has 0 saturated carbocycles. The molecule has 3 atom stereocenters. The number of imidazole rings is 1. The number of primary amides is 1. The Morgan fingerprint density at radius 2 is 2.19 bits per heavy atom. The number of carbonyl (C=O) groups is 4. The molecule has 0 radical (unpaired) electrons. The molecule has 0 aliphatic carbocycles. The summed E-state index contributed by atoms with van der Waals surface area (Å²) in [6, 6.07) is -2.20. The topological polar surface area (TPSA) is 139 Å². The summed E-state index contributed by atoms with van der Waals surface area (Å²) in [5, 5.41) is 5.32. The lowest BCUT2D eigenvalue weighted by molar-refractivity contribution is -0.140. The van der Waals surface area contributed by atoms with Gasteiger partial charge in [0.2, 0.25) is 23.6 Å². The molecule has 2 aliphatic heterocycles. The van der Waals surface area contributed by atoms with Crippen LogP contribution in [0.5, 0.6) is 0 Å². The maximum Gasteiger partial charge on any atom is 0.246 e. The zero-order valence-electron chi connectivity index (χ0n) is 15.2. The number of carbonyl (C=O) groups excluding carboxylic acids is 4. The Morgan fingerprint density at radius 1 is 1.41 bits per heavy atom. The summed E-state index contributed by atoms with van der Waals surface area (Å²) in [6.07, 6.45) is 5.44. The van der Waals surface area contributed by atoms with Gasteiger partial charge in [0, 0.05) is 32.6 Å². The van der Waals surface area contributed by atoms with Gasteiger partial charge in [-0.2, -0.15) is 0 Å². The fraction of sp³-hybridized carbons (Fsp3) is 0.588. The van der Waals surface area contributed by atoms with Crippen LogP contribution in [0.2, 0.25) is 0 Å². The second-order valence-corrected chi connectivity index (χ2v) is 7.05. The summed E-state index contributed by atoms with van der Waals surface area (Å²) in [7, 11) is 1.81. The van der Waals surface area contributed by atoms with E-state index < -0.39 is 29.9 Å². The maximum atomic E-state index is 13.1. The summed E-state index contributed by atoms with van der Waals surface area (Å²) < 4.78 is 1.75. The minimum absolute atomic E-state index is 0.184. The van der Waals surface area contributed by atoms with E-state index in [-0.39, 0.29) is 24.7 Å². The molecule has 0 bridgehead atoms. The molecule has 3 heterocycles. The molecule has 10 heteroatoms. The highest BCUT2D eigenvalue weighted by Crippen LogP contribution is 2.19. The summed E-state index contributed by atoms with van der Waals surface area (Å²) in [4.78, 5) is 54.2. The minimum Gasteiger partial charge on any atom is -0.368 e. The SMILES string of the molecule is Cn1cnc(C[C@H](NC(=O)[C@@H]2CCC(=O)N2)C(=O)N2CCC[C@H]2C(N)=O)c1. The summed E-state index contributed by atoms with van der Waals surface area (Å²) >= 11 is 0. The Bertz CT molecular complexity index is 760. The summed E-state index contributed by atoms with van der Waals surface area (Å²) in [5.74, 6) is -1.51. The van der Waals surface area contributed by atoms with Crippen LogP contribution in [0.1, 0.15) is 31.4 Å². The summed E-state index contributed by atoms with van der Waals surface area (Å²) in [5.41, 5.74) is 6.05. The Hall–Kier alpha value is -2.91. The molecule has 0 spiro atoms. The predicted octanol–water partition coefficient (Wildman–Crippen LogP) is -1.80. The molecular weight excluding hydrogens is 352 g/mol. The highest BCUT2D eigenvalue weighted by atomic mass is 16.2. The van der Waals surface area contributed by atoms with Crippen molar-refractivity contribution >= 4 is 23.6 Å². The second kappa shape index (κ2) is 7.77. The van der Waals surface area contributed by atoms with Crippen LogP contribution in [0.4, 0.5) is 0 Å². The van der Waals surface area contributed by atoms with Gasteiger partial charge in [-0.1, -0.05) is 0 Å². The third-order valence-electron chi connectivity index (χ3n) is 4.96. The van der Waals surface area contributed by atoms with Crippen LogP contribution in [0.3, 0.4) is 0 Å². The molecule has 0 aromatic carbocycles. The van der Waals surface area contributed by atoms with Crippen LogP contribution in [0.25, 0.3) is 0 Å². The van der Waals surface area contributed by atoms with Gasteiger partial charge in [-0.05, 0) is 19.3 Å². The molecule has 2 aliphatic rings. The highest BCUT2D eigenvalue weighted by Gasteiger charge is 2.38. The normalized spacial score (nSPS) is 23.1. The second-order valence-electron chi connectivity index (χ2n) is 7.05. The van der Waals surface area contributed by atoms with Crippen molar-refractivity contribution in [2.45, 2.75) is 50.2 Å². The average Bonchev–Trinajstić information content (AvgIpc) is 3.34. The zero-order valence-corrected chi connectivity index (χ0v) is 15.2. The van der Waals surface area contributed by atoms with Crippen LogP contribution in [-0.2, 0) is 32.6 Å². The van der Waals surface area contributed by atoms with E-state index in [1.165, 1.54) is 4.90 Å². The number of hydrogen-bond donors (Lipinski definition) is 3. The van der Waals surface area contributed by atoms with Crippen LogP contribution < -0.4 is 16.4 Å². The highest BCUT2D eigenvalue weighted by molar-refractivity contribution is 5.95. The molecule has 1 aromatic rings. The average molecular weight is 376 g/mol. The quantitative estimate of drug-likeness (QED) is 0.538. The van der Waals surface area contributed by atoms with E-state index in [4.69, 9.17) is 5.73 Å². The van der Waals surface area contributed by atoms with Gasteiger partial charge in [0.05, 0.1) is 12.0 Å². The Balaban J connectivity index is 1.76. The Labute approximate surface area is 156 Å².